The first-order chi connectivity index (χ1) is 8.59. The Morgan fingerprint density at radius 2 is 2.06 bits per heavy atom. The van der Waals surface area contributed by atoms with Crippen LogP contribution >= 0.6 is 0 Å². The standard InChI is InChI=1S/C12H15N3O2S/c1-10-4-2-3-5-11(10)6-9-14-18(16,17)12-7-8-13-15-12/h2-5,7-8,14H,6,9H2,1H3,(H,13,15). The van der Waals surface area contributed by atoms with Crippen molar-refractivity contribution in [2.24, 2.45) is 0 Å². The van der Waals surface area contributed by atoms with Crippen molar-refractivity contribution in [3.63, 3.8) is 0 Å². The molecule has 2 aromatic rings. The van der Waals surface area contributed by atoms with E-state index in [9.17, 15) is 8.42 Å². The number of aryl methyl sites for hydroxylation is 1. The van der Waals surface area contributed by atoms with E-state index in [1.54, 1.807) is 0 Å². The largest absolute Gasteiger partial charge is 0.266 e. The van der Waals surface area contributed by atoms with Crippen LogP contribution in [0.4, 0.5) is 0 Å². The molecule has 0 aliphatic carbocycles. The molecule has 1 aromatic heterocycles. The van der Waals surface area contributed by atoms with Gasteiger partial charge in [-0.1, -0.05) is 24.3 Å². The van der Waals surface area contributed by atoms with Gasteiger partial charge >= 0.3 is 0 Å². The molecule has 96 valence electrons. The predicted molar refractivity (Wildman–Crippen MR) is 68.7 cm³/mol. The molecule has 0 aliphatic rings. The van der Waals surface area contributed by atoms with Gasteiger partial charge in [0.05, 0.1) is 6.20 Å². The third-order valence-corrected chi connectivity index (χ3v) is 4.10. The normalized spacial score (nSPS) is 11.6. The first kappa shape index (κ1) is 12.8. The number of benzene rings is 1. The topological polar surface area (TPSA) is 74.8 Å². The highest BCUT2D eigenvalue weighted by molar-refractivity contribution is 7.89. The van der Waals surface area contributed by atoms with Crippen LogP contribution in [0.3, 0.4) is 0 Å². The molecule has 0 saturated carbocycles. The Kier molecular flexibility index (Phi) is 3.78. The summed E-state index contributed by atoms with van der Waals surface area (Å²) in [6.07, 6.45) is 2.08. The van der Waals surface area contributed by atoms with E-state index < -0.39 is 10.0 Å². The van der Waals surface area contributed by atoms with Crippen LogP contribution in [0.5, 0.6) is 0 Å². The van der Waals surface area contributed by atoms with E-state index in [1.165, 1.54) is 17.8 Å². The molecule has 2 rings (SSSR count). The van der Waals surface area contributed by atoms with Gasteiger partial charge in [-0.05, 0) is 30.5 Å². The van der Waals surface area contributed by atoms with Gasteiger partial charge in [0.25, 0.3) is 10.0 Å². The maximum absolute atomic E-state index is 11.8. The molecule has 18 heavy (non-hydrogen) atoms. The average molecular weight is 265 g/mol. The van der Waals surface area contributed by atoms with Crippen LogP contribution in [0.25, 0.3) is 0 Å². The molecule has 0 unspecified atom stereocenters. The van der Waals surface area contributed by atoms with Gasteiger partial charge in [0, 0.05) is 6.54 Å². The second-order valence-corrected chi connectivity index (χ2v) is 5.73. The van der Waals surface area contributed by atoms with Gasteiger partial charge in [-0.3, -0.25) is 5.10 Å². The fraction of sp³-hybridized carbons (Fsp3) is 0.250. The molecule has 1 aromatic carbocycles. The van der Waals surface area contributed by atoms with E-state index in [0.717, 1.165) is 5.56 Å². The Morgan fingerprint density at radius 1 is 1.28 bits per heavy atom. The van der Waals surface area contributed by atoms with E-state index in [0.29, 0.717) is 13.0 Å². The summed E-state index contributed by atoms with van der Waals surface area (Å²) in [5, 5.41) is 6.15. The van der Waals surface area contributed by atoms with E-state index in [-0.39, 0.29) is 5.03 Å². The Labute approximate surface area is 106 Å². The molecule has 0 fully saturated rings. The van der Waals surface area contributed by atoms with Crippen LogP contribution < -0.4 is 4.72 Å². The molecule has 6 heteroatoms. The number of nitrogens with one attached hydrogen (secondary N) is 2. The molecular weight excluding hydrogens is 250 g/mol. The number of sulfonamides is 1. The number of aromatic nitrogens is 2. The minimum absolute atomic E-state index is 0.0901. The number of aromatic amines is 1. The molecule has 0 atom stereocenters. The second-order valence-electron chi connectivity index (χ2n) is 4.00. The molecule has 5 nitrogen and oxygen atoms in total. The number of rotatable bonds is 5. The Balaban J connectivity index is 1.96. The monoisotopic (exact) mass is 265 g/mol. The van der Waals surface area contributed by atoms with Crippen molar-refractivity contribution in [1.29, 1.82) is 0 Å². The van der Waals surface area contributed by atoms with Crippen LogP contribution in [0.15, 0.2) is 41.6 Å². The maximum Gasteiger partial charge on any atom is 0.257 e. The van der Waals surface area contributed by atoms with Crippen molar-refractivity contribution in [1.82, 2.24) is 14.9 Å². The summed E-state index contributed by atoms with van der Waals surface area (Å²) in [4.78, 5) is 0. The van der Waals surface area contributed by atoms with Crippen LogP contribution in [-0.2, 0) is 16.4 Å². The molecule has 0 radical (unpaired) electrons. The van der Waals surface area contributed by atoms with Crippen molar-refractivity contribution in [3.05, 3.63) is 47.7 Å². The molecule has 0 saturated heterocycles. The highest BCUT2D eigenvalue weighted by atomic mass is 32.2. The lowest BCUT2D eigenvalue weighted by Gasteiger charge is -2.06. The summed E-state index contributed by atoms with van der Waals surface area (Å²) in [5.74, 6) is 0. The molecule has 0 spiro atoms. The molecule has 0 aliphatic heterocycles. The van der Waals surface area contributed by atoms with Gasteiger partial charge < -0.3 is 0 Å². The lowest BCUT2D eigenvalue weighted by Crippen LogP contribution is -2.26. The van der Waals surface area contributed by atoms with Crippen LogP contribution in [0.2, 0.25) is 0 Å². The first-order valence-electron chi connectivity index (χ1n) is 5.63. The zero-order valence-corrected chi connectivity index (χ0v) is 10.9. The summed E-state index contributed by atoms with van der Waals surface area (Å²) < 4.78 is 26.1. The third kappa shape index (κ3) is 2.96. The fourth-order valence-electron chi connectivity index (χ4n) is 1.68. The van der Waals surface area contributed by atoms with E-state index in [1.807, 2.05) is 31.2 Å². The Morgan fingerprint density at radius 3 is 2.72 bits per heavy atom. The smallest absolute Gasteiger partial charge is 0.257 e. The minimum Gasteiger partial charge on any atom is -0.266 e. The fourth-order valence-corrected chi connectivity index (χ4v) is 2.62. The summed E-state index contributed by atoms with van der Waals surface area (Å²) in [7, 11) is -3.47. The first-order valence-corrected chi connectivity index (χ1v) is 7.11. The van der Waals surface area contributed by atoms with Crippen molar-refractivity contribution >= 4 is 10.0 Å². The van der Waals surface area contributed by atoms with Crippen molar-refractivity contribution < 1.29 is 8.42 Å². The van der Waals surface area contributed by atoms with E-state index in [4.69, 9.17) is 0 Å². The SMILES string of the molecule is Cc1ccccc1CCNS(=O)(=O)c1ccn[nH]1. The molecule has 1 heterocycles. The third-order valence-electron chi connectivity index (χ3n) is 2.71. The number of hydrogen-bond acceptors (Lipinski definition) is 3. The highest BCUT2D eigenvalue weighted by Gasteiger charge is 2.14. The van der Waals surface area contributed by atoms with E-state index in [2.05, 4.69) is 14.9 Å². The van der Waals surface area contributed by atoms with Gasteiger partial charge in [-0.2, -0.15) is 5.10 Å². The van der Waals surface area contributed by atoms with Gasteiger partial charge in [0.1, 0.15) is 0 Å². The second kappa shape index (κ2) is 5.32. The van der Waals surface area contributed by atoms with Crippen molar-refractivity contribution in [2.45, 2.75) is 18.4 Å². The zero-order chi connectivity index (χ0) is 13.0. The Hall–Kier alpha value is -1.66. The van der Waals surface area contributed by atoms with E-state index >= 15 is 0 Å². The summed E-state index contributed by atoms with van der Waals surface area (Å²) in [5.41, 5.74) is 2.31. The van der Waals surface area contributed by atoms with Gasteiger partial charge in [0.2, 0.25) is 0 Å². The minimum atomic E-state index is -3.47. The van der Waals surface area contributed by atoms with Crippen molar-refractivity contribution in [3.8, 4) is 0 Å². The summed E-state index contributed by atoms with van der Waals surface area (Å²) in [6.45, 7) is 2.38. The quantitative estimate of drug-likeness (QED) is 0.854. The molecule has 2 N–H and O–H groups in total. The summed E-state index contributed by atoms with van der Waals surface area (Å²) in [6, 6.07) is 9.36. The maximum atomic E-state index is 11.8. The van der Waals surface area contributed by atoms with Crippen LogP contribution in [0.1, 0.15) is 11.1 Å². The van der Waals surface area contributed by atoms with Crippen molar-refractivity contribution in [2.75, 3.05) is 6.54 Å². The Bertz CT molecular complexity index is 606. The highest BCUT2D eigenvalue weighted by Crippen LogP contribution is 2.08. The lowest BCUT2D eigenvalue weighted by atomic mass is 10.1. The number of nitrogens with zero attached hydrogens (tertiary/aromatic N) is 1. The average Bonchev–Trinajstić information content (AvgIpc) is 2.86. The number of H-pyrrole nitrogens is 1. The molecule has 0 amide bonds. The van der Waals surface area contributed by atoms with Crippen LogP contribution in [0, 0.1) is 6.92 Å². The predicted octanol–water partition coefficient (Wildman–Crippen LogP) is 1.24. The number of hydrogen-bond donors (Lipinski definition) is 2. The summed E-state index contributed by atoms with van der Waals surface area (Å²) >= 11 is 0. The lowest BCUT2D eigenvalue weighted by molar-refractivity contribution is 0.577. The van der Waals surface area contributed by atoms with Gasteiger partial charge in [-0.25, -0.2) is 13.1 Å². The van der Waals surface area contributed by atoms with Crippen LogP contribution in [-0.4, -0.2) is 25.2 Å². The zero-order valence-electron chi connectivity index (χ0n) is 10.1. The van der Waals surface area contributed by atoms with Gasteiger partial charge in [0.15, 0.2) is 5.03 Å². The molecule has 0 bridgehead atoms. The van der Waals surface area contributed by atoms with Gasteiger partial charge in [-0.15, -0.1) is 0 Å². The molecular formula is C12H15N3O2S.